The summed E-state index contributed by atoms with van der Waals surface area (Å²) >= 11 is 7.46. The van der Waals surface area contributed by atoms with Gasteiger partial charge in [0.15, 0.2) is 16.8 Å². The molecule has 0 aliphatic rings. The minimum absolute atomic E-state index is 0.147. The zero-order valence-electron chi connectivity index (χ0n) is 18.5. The van der Waals surface area contributed by atoms with Crippen molar-refractivity contribution in [2.24, 2.45) is 14.1 Å². The normalized spacial score (nSPS) is 11.1. The van der Waals surface area contributed by atoms with Gasteiger partial charge in [-0.25, -0.2) is 4.79 Å². The van der Waals surface area contributed by atoms with E-state index in [0.717, 1.165) is 37.7 Å². The second kappa shape index (κ2) is 9.27. The lowest BCUT2D eigenvalue weighted by atomic mass is 10.2. The molecule has 0 amide bonds. The van der Waals surface area contributed by atoms with E-state index in [9.17, 15) is 14.4 Å². The van der Waals surface area contributed by atoms with Gasteiger partial charge in [-0.15, -0.1) is 10.2 Å². The summed E-state index contributed by atoms with van der Waals surface area (Å²) in [6.45, 7) is 1.88. The summed E-state index contributed by atoms with van der Waals surface area (Å²) in [6.07, 6.45) is 3.29. The van der Waals surface area contributed by atoms with Crippen molar-refractivity contribution in [3.8, 4) is 17.1 Å². The summed E-state index contributed by atoms with van der Waals surface area (Å²) in [5.41, 5.74) is 6.67. The Hall–Kier alpha value is -3.70. The van der Waals surface area contributed by atoms with Crippen molar-refractivity contribution in [3.05, 3.63) is 79.7 Å². The van der Waals surface area contributed by atoms with Gasteiger partial charge in [-0.3, -0.25) is 28.3 Å². The summed E-state index contributed by atoms with van der Waals surface area (Å²) in [5, 5.41) is 9.61. The molecule has 0 aliphatic heterocycles. The van der Waals surface area contributed by atoms with E-state index >= 15 is 0 Å². The summed E-state index contributed by atoms with van der Waals surface area (Å²) in [5.74, 6) is -0.309. The van der Waals surface area contributed by atoms with E-state index in [1.54, 1.807) is 35.2 Å². The molecule has 0 fully saturated rings. The number of hydrogen-bond acceptors (Lipinski definition) is 8. The minimum atomic E-state index is -0.740. The van der Waals surface area contributed by atoms with Crippen LogP contribution in [0.5, 0.6) is 0 Å². The number of nitrogen functional groups attached to an aromatic ring is 1. The molecular formula is C22H20ClN7O3S. The number of benzene rings is 1. The van der Waals surface area contributed by atoms with E-state index in [1.807, 2.05) is 19.1 Å². The summed E-state index contributed by atoms with van der Waals surface area (Å²) in [6, 6.07) is 9.08. The van der Waals surface area contributed by atoms with Gasteiger partial charge < -0.3 is 5.73 Å². The largest absolute Gasteiger partial charge is 0.384 e. The predicted octanol–water partition coefficient (Wildman–Crippen LogP) is 2.25. The van der Waals surface area contributed by atoms with Crippen LogP contribution < -0.4 is 17.0 Å². The van der Waals surface area contributed by atoms with Gasteiger partial charge in [0.2, 0.25) is 0 Å². The first kappa shape index (κ1) is 23.5. The fourth-order valence-electron chi connectivity index (χ4n) is 3.43. The first-order valence-corrected chi connectivity index (χ1v) is 11.4. The van der Waals surface area contributed by atoms with Crippen LogP contribution in [0.4, 0.5) is 5.82 Å². The number of carbonyl (C=O) groups excluding carboxylic acids is 1. The number of anilines is 1. The Bertz CT molecular complexity index is 1530. The highest BCUT2D eigenvalue weighted by molar-refractivity contribution is 7.99. The van der Waals surface area contributed by atoms with Gasteiger partial charge in [0.25, 0.3) is 5.56 Å². The Morgan fingerprint density at radius 2 is 1.79 bits per heavy atom. The molecule has 3 heterocycles. The lowest BCUT2D eigenvalue weighted by Crippen LogP contribution is -2.41. The molecule has 0 spiro atoms. The molecule has 0 atom stereocenters. The number of hydrogen-bond donors (Lipinski definition) is 1. The highest BCUT2D eigenvalue weighted by Gasteiger charge is 2.23. The lowest BCUT2D eigenvalue weighted by molar-refractivity contribution is 0.102. The number of halogens is 1. The second-order valence-corrected chi connectivity index (χ2v) is 8.79. The van der Waals surface area contributed by atoms with Crippen molar-refractivity contribution >= 4 is 35.0 Å². The third kappa shape index (κ3) is 4.03. The maximum Gasteiger partial charge on any atom is 0.332 e. The Morgan fingerprint density at radius 1 is 1.09 bits per heavy atom. The van der Waals surface area contributed by atoms with Crippen molar-refractivity contribution in [2.75, 3.05) is 11.5 Å². The van der Waals surface area contributed by atoms with E-state index in [0.29, 0.717) is 16.0 Å². The third-order valence-corrected chi connectivity index (χ3v) is 6.71. The summed E-state index contributed by atoms with van der Waals surface area (Å²) in [7, 11) is 2.70. The van der Waals surface area contributed by atoms with Gasteiger partial charge in [0, 0.05) is 37.1 Å². The molecule has 4 rings (SSSR count). The van der Waals surface area contributed by atoms with Crippen LogP contribution >= 0.6 is 23.4 Å². The number of thioether (sulfide) groups is 1. The van der Waals surface area contributed by atoms with Crippen LogP contribution in [0.15, 0.2) is 57.5 Å². The van der Waals surface area contributed by atoms with Gasteiger partial charge in [-0.2, -0.15) is 0 Å². The smallest absolute Gasteiger partial charge is 0.332 e. The average molecular weight is 498 g/mol. The summed E-state index contributed by atoms with van der Waals surface area (Å²) in [4.78, 5) is 41.7. The molecule has 0 unspecified atom stereocenters. The number of aromatic nitrogens is 6. The molecule has 0 aliphatic carbocycles. The minimum Gasteiger partial charge on any atom is -0.384 e. The van der Waals surface area contributed by atoms with Crippen molar-refractivity contribution < 1.29 is 4.79 Å². The zero-order chi connectivity index (χ0) is 24.6. The number of carbonyl (C=O) groups is 1. The fraction of sp³-hybridized carbons (Fsp3) is 0.182. The molecule has 10 nitrogen and oxygen atoms in total. The SMILES string of the molecule is Cc1c(Cl)cccc1-n1c(SCC(=O)c2c(N)n(C)c(=O)n(C)c2=O)nnc1-c1ccncc1. The molecule has 174 valence electrons. The first-order valence-electron chi connectivity index (χ1n) is 10.0. The molecule has 0 radical (unpaired) electrons. The van der Waals surface area contributed by atoms with Gasteiger partial charge in [0.1, 0.15) is 11.4 Å². The van der Waals surface area contributed by atoms with Crippen LogP contribution in [0, 0.1) is 6.92 Å². The van der Waals surface area contributed by atoms with Gasteiger partial charge >= 0.3 is 5.69 Å². The lowest BCUT2D eigenvalue weighted by Gasteiger charge is -2.14. The van der Waals surface area contributed by atoms with Crippen LogP contribution in [-0.4, -0.2) is 40.4 Å². The topological polar surface area (TPSA) is 131 Å². The van der Waals surface area contributed by atoms with Crippen LogP contribution in [0.3, 0.4) is 0 Å². The standard InChI is InChI=1S/C22H20ClN7O3S/c1-12-14(23)5-4-6-15(12)30-19(13-7-9-25-10-8-13)26-27-21(30)34-11-16(31)17-18(24)28(2)22(33)29(3)20(17)32/h4-10H,11,24H2,1-3H3. The highest BCUT2D eigenvalue weighted by Crippen LogP contribution is 2.31. The average Bonchev–Trinajstić information content (AvgIpc) is 3.26. The number of nitrogens with two attached hydrogens (primary N) is 1. The molecule has 0 bridgehead atoms. The molecule has 2 N–H and O–H groups in total. The van der Waals surface area contributed by atoms with E-state index in [2.05, 4.69) is 15.2 Å². The Morgan fingerprint density at radius 3 is 2.50 bits per heavy atom. The van der Waals surface area contributed by atoms with E-state index in [4.69, 9.17) is 17.3 Å². The van der Waals surface area contributed by atoms with Crippen molar-refractivity contribution in [2.45, 2.75) is 12.1 Å². The number of ketones is 1. The van der Waals surface area contributed by atoms with Crippen LogP contribution in [0.1, 0.15) is 15.9 Å². The van der Waals surface area contributed by atoms with Crippen molar-refractivity contribution in [1.82, 2.24) is 28.9 Å². The van der Waals surface area contributed by atoms with Gasteiger partial charge in [-0.1, -0.05) is 29.4 Å². The second-order valence-electron chi connectivity index (χ2n) is 7.44. The van der Waals surface area contributed by atoms with Gasteiger partial charge in [-0.05, 0) is 36.8 Å². The molecule has 0 saturated heterocycles. The number of pyridine rings is 1. The number of nitrogens with zero attached hydrogens (tertiary/aromatic N) is 6. The first-order chi connectivity index (χ1) is 16.2. The van der Waals surface area contributed by atoms with Crippen LogP contribution in [0.25, 0.3) is 17.1 Å². The van der Waals surface area contributed by atoms with Crippen LogP contribution in [-0.2, 0) is 14.1 Å². The zero-order valence-corrected chi connectivity index (χ0v) is 20.1. The van der Waals surface area contributed by atoms with Crippen molar-refractivity contribution in [1.29, 1.82) is 0 Å². The van der Waals surface area contributed by atoms with E-state index in [1.165, 1.54) is 14.1 Å². The third-order valence-electron chi connectivity index (χ3n) is 5.37. The van der Waals surface area contributed by atoms with E-state index < -0.39 is 17.0 Å². The highest BCUT2D eigenvalue weighted by atomic mass is 35.5. The molecular weight excluding hydrogens is 478 g/mol. The fourth-order valence-corrected chi connectivity index (χ4v) is 4.42. The molecule has 34 heavy (non-hydrogen) atoms. The molecule has 1 aromatic carbocycles. The Labute approximate surface area is 203 Å². The Kier molecular flexibility index (Phi) is 6.40. The van der Waals surface area contributed by atoms with Crippen LogP contribution in [0.2, 0.25) is 5.02 Å². The van der Waals surface area contributed by atoms with E-state index in [-0.39, 0.29) is 17.1 Å². The maximum absolute atomic E-state index is 13.0. The quantitative estimate of drug-likeness (QED) is 0.317. The monoisotopic (exact) mass is 497 g/mol. The maximum atomic E-state index is 13.0. The Balaban J connectivity index is 1.77. The molecule has 0 saturated carbocycles. The molecule has 3 aromatic heterocycles. The number of Topliss-reactive ketones (excluding diaryl/α,β-unsaturated/α-hetero) is 1. The molecule has 12 heteroatoms. The summed E-state index contributed by atoms with van der Waals surface area (Å²) < 4.78 is 3.73. The molecule has 4 aromatic rings. The van der Waals surface area contributed by atoms with Crippen molar-refractivity contribution in [3.63, 3.8) is 0 Å². The number of rotatable bonds is 6. The van der Waals surface area contributed by atoms with Gasteiger partial charge in [0.05, 0.1) is 11.4 Å². The predicted molar refractivity (Wildman–Crippen MR) is 131 cm³/mol.